The largest absolute Gasteiger partial charge is 0.471 e. The Kier molecular flexibility index (Phi) is 3.34. The number of hydrogen-bond acceptors (Lipinski definition) is 5. The molecule has 0 aliphatic heterocycles. The Labute approximate surface area is 90.1 Å². The fourth-order valence-electron chi connectivity index (χ4n) is 0.978. The van der Waals surface area contributed by atoms with Gasteiger partial charge >= 0.3 is 0 Å². The van der Waals surface area contributed by atoms with Gasteiger partial charge in [0.2, 0.25) is 11.8 Å². The van der Waals surface area contributed by atoms with E-state index in [1.165, 1.54) is 0 Å². The van der Waals surface area contributed by atoms with Crippen LogP contribution >= 0.6 is 0 Å². The van der Waals surface area contributed by atoms with Crippen LogP contribution in [0.25, 0.3) is 0 Å². The summed E-state index contributed by atoms with van der Waals surface area (Å²) in [5.74, 6) is 1.37. The first kappa shape index (κ1) is 11.6. The molecule has 0 radical (unpaired) electrons. The van der Waals surface area contributed by atoms with E-state index in [9.17, 15) is 0 Å². The number of nitrogens with one attached hydrogen (secondary N) is 1. The molecule has 5 heteroatoms. The minimum Gasteiger partial charge on any atom is -0.471 e. The van der Waals surface area contributed by atoms with E-state index in [2.05, 4.69) is 22.2 Å². The molecule has 0 aliphatic rings. The molecule has 0 saturated carbocycles. The van der Waals surface area contributed by atoms with Gasteiger partial charge in [-0.05, 0) is 20.3 Å². The molecule has 84 valence electrons. The van der Waals surface area contributed by atoms with Gasteiger partial charge in [0.1, 0.15) is 11.4 Å². The predicted molar refractivity (Wildman–Crippen MR) is 61.0 cm³/mol. The van der Waals surface area contributed by atoms with Crippen LogP contribution in [0.2, 0.25) is 0 Å². The van der Waals surface area contributed by atoms with Crippen molar-refractivity contribution in [3.8, 4) is 5.88 Å². The number of anilines is 2. The van der Waals surface area contributed by atoms with E-state index in [1.807, 2.05) is 13.8 Å². The lowest BCUT2D eigenvalue weighted by Gasteiger charge is -2.24. The lowest BCUT2D eigenvalue weighted by molar-refractivity contribution is 0.0992. The quantitative estimate of drug-likeness (QED) is 0.790. The molecule has 0 atom stereocenters. The summed E-state index contributed by atoms with van der Waals surface area (Å²) in [5.41, 5.74) is 5.31. The summed E-state index contributed by atoms with van der Waals surface area (Å²) in [4.78, 5) is 8.00. The predicted octanol–water partition coefficient (Wildman–Crippen LogP) is 1.67. The van der Waals surface area contributed by atoms with Gasteiger partial charge in [-0.15, -0.1) is 0 Å². The van der Waals surface area contributed by atoms with Gasteiger partial charge in [-0.3, -0.25) is 0 Å². The number of nitrogen functional groups attached to an aromatic ring is 1. The van der Waals surface area contributed by atoms with Crippen LogP contribution in [0, 0.1) is 0 Å². The smallest absolute Gasteiger partial charge is 0.225 e. The number of nitrogens with two attached hydrogens (primary N) is 1. The topological polar surface area (TPSA) is 73.1 Å². The van der Waals surface area contributed by atoms with E-state index in [1.54, 1.807) is 13.1 Å². The molecule has 1 aromatic heterocycles. The molecule has 1 aromatic rings. The van der Waals surface area contributed by atoms with Crippen LogP contribution in [0.5, 0.6) is 5.88 Å². The van der Waals surface area contributed by atoms with E-state index in [0.29, 0.717) is 11.7 Å². The first-order valence-corrected chi connectivity index (χ1v) is 4.98. The number of ether oxygens (including phenoxy) is 1. The second-order valence-electron chi connectivity index (χ2n) is 3.91. The Morgan fingerprint density at radius 3 is 2.67 bits per heavy atom. The van der Waals surface area contributed by atoms with Crippen molar-refractivity contribution >= 4 is 11.8 Å². The Bertz CT molecular complexity index is 338. The molecule has 0 fully saturated rings. The van der Waals surface area contributed by atoms with Gasteiger partial charge in [0.05, 0.1) is 0 Å². The van der Waals surface area contributed by atoms with Crippen LogP contribution < -0.4 is 15.8 Å². The van der Waals surface area contributed by atoms with E-state index in [-0.39, 0.29) is 11.5 Å². The van der Waals surface area contributed by atoms with Gasteiger partial charge < -0.3 is 15.8 Å². The highest BCUT2D eigenvalue weighted by atomic mass is 16.5. The third kappa shape index (κ3) is 3.27. The molecule has 15 heavy (non-hydrogen) atoms. The summed E-state index contributed by atoms with van der Waals surface area (Å²) >= 11 is 0. The summed E-state index contributed by atoms with van der Waals surface area (Å²) in [7, 11) is 1.77. The molecule has 0 saturated heterocycles. The molecule has 0 aliphatic carbocycles. The average Bonchev–Trinajstić information content (AvgIpc) is 2.16. The van der Waals surface area contributed by atoms with Crippen LogP contribution in [0.4, 0.5) is 11.8 Å². The highest BCUT2D eigenvalue weighted by Crippen LogP contribution is 2.21. The zero-order valence-corrected chi connectivity index (χ0v) is 9.66. The standard InChI is InChI=1S/C10H18N4O/c1-5-10(2,3)15-8-6-7(12-4)13-9(11)14-8/h6H,5H2,1-4H3,(H3,11,12,13,14). The van der Waals surface area contributed by atoms with Gasteiger partial charge in [0, 0.05) is 13.1 Å². The maximum absolute atomic E-state index is 5.70. The van der Waals surface area contributed by atoms with Crippen LogP contribution in [-0.2, 0) is 0 Å². The molecule has 1 rings (SSSR count). The van der Waals surface area contributed by atoms with Crippen LogP contribution in [0.1, 0.15) is 27.2 Å². The Hall–Kier alpha value is -1.52. The van der Waals surface area contributed by atoms with Crippen molar-refractivity contribution in [3.05, 3.63) is 6.07 Å². The molecule has 1 heterocycles. The molecule has 5 nitrogen and oxygen atoms in total. The first-order valence-electron chi connectivity index (χ1n) is 4.98. The second-order valence-corrected chi connectivity index (χ2v) is 3.91. The minimum atomic E-state index is -0.244. The van der Waals surface area contributed by atoms with Crippen LogP contribution in [0.3, 0.4) is 0 Å². The Morgan fingerprint density at radius 1 is 1.47 bits per heavy atom. The average molecular weight is 210 g/mol. The van der Waals surface area contributed by atoms with Gasteiger partial charge in [-0.1, -0.05) is 6.92 Å². The van der Waals surface area contributed by atoms with E-state index in [0.717, 1.165) is 6.42 Å². The maximum Gasteiger partial charge on any atom is 0.225 e. The third-order valence-corrected chi connectivity index (χ3v) is 2.21. The fraction of sp³-hybridized carbons (Fsp3) is 0.600. The number of rotatable bonds is 4. The van der Waals surface area contributed by atoms with Crippen LogP contribution in [0.15, 0.2) is 6.07 Å². The summed E-state index contributed by atoms with van der Waals surface area (Å²) in [6.07, 6.45) is 0.895. The van der Waals surface area contributed by atoms with Crippen molar-refractivity contribution in [2.24, 2.45) is 0 Å². The van der Waals surface area contributed by atoms with Crippen molar-refractivity contribution in [1.82, 2.24) is 9.97 Å². The van der Waals surface area contributed by atoms with Crippen molar-refractivity contribution in [1.29, 1.82) is 0 Å². The summed E-state index contributed by atoms with van der Waals surface area (Å²) < 4.78 is 5.70. The molecule has 0 amide bonds. The maximum atomic E-state index is 5.70. The fourth-order valence-corrected chi connectivity index (χ4v) is 0.978. The van der Waals surface area contributed by atoms with Crippen molar-refractivity contribution in [2.45, 2.75) is 32.8 Å². The Morgan fingerprint density at radius 2 is 2.13 bits per heavy atom. The molecular weight excluding hydrogens is 192 g/mol. The molecule has 0 bridgehead atoms. The Balaban J connectivity index is 2.90. The van der Waals surface area contributed by atoms with Gasteiger partial charge in [-0.2, -0.15) is 9.97 Å². The number of aromatic nitrogens is 2. The summed E-state index contributed by atoms with van der Waals surface area (Å²) in [6, 6.07) is 1.73. The van der Waals surface area contributed by atoms with E-state index < -0.39 is 0 Å². The first-order chi connectivity index (χ1) is 6.96. The summed E-state index contributed by atoms with van der Waals surface area (Å²) in [5, 5.41) is 2.90. The van der Waals surface area contributed by atoms with Gasteiger partial charge in [0.25, 0.3) is 0 Å². The summed E-state index contributed by atoms with van der Waals surface area (Å²) in [6.45, 7) is 6.07. The lowest BCUT2D eigenvalue weighted by Crippen LogP contribution is -2.27. The minimum absolute atomic E-state index is 0.212. The molecule has 0 aromatic carbocycles. The zero-order chi connectivity index (χ0) is 11.5. The molecule has 3 N–H and O–H groups in total. The van der Waals surface area contributed by atoms with Crippen molar-refractivity contribution in [2.75, 3.05) is 18.1 Å². The van der Waals surface area contributed by atoms with Crippen molar-refractivity contribution < 1.29 is 4.74 Å². The molecule has 0 unspecified atom stereocenters. The number of nitrogens with zero attached hydrogens (tertiary/aromatic N) is 2. The monoisotopic (exact) mass is 210 g/mol. The van der Waals surface area contributed by atoms with E-state index >= 15 is 0 Å². The SMILES string of the molecule is CCC(C)(C)Oc1cc(NC)nc(N)n1. The van der Waals surface area contributed by atoms with Crippen molar-refractivity contribution in [3.63, 3.8) is 0 Å². The second kappa shape index (κ2) is 4.33. The lowest BCUT2D eigenvalue weighted by atomic mass is 10.1. The van der Waals surface area contributed by atoms with Gasteiger partial charge in [-0.25, -0.2) is 0 Å². The van der Waals surface area contributed by atoms with E-state index in [4.69, 9.17) is 10.5 Å². The highest BCUT2D eigenvalue weighted by molar-refractivity contribution is 5.42. The van der Waals surface area contributed by atoms with Gasteiger partial charge in [0.15, 0.2) is 0 Å². The number of hydrogen-bond donors (Lipinski definition) is 2. The molecule has 0 spiro atoms. The molecular formula is C10H18N4O. The normalized spacial score (nSPS) is 11.2. The third-order valence-electron chi connectivity index (χ3n) is 2.21. The highest BCUT2D eigenvalue weighted by Gasteiger charge is 2.18. The zero-order valence-electron chi connectivity index (χ0n) is 9.66. The van der Waals surface area contributed by atoms with Crippen LogP contribution in [-0.4, -0.2) is 22.6 Å².